The zero-order chi connectivity index (χ0) is 21.6. The van der Waals surface area contributed by atoms with Crippen molar-refractivity contribution in [1.29, 1.82) is 0 Å². The maximum Gasteiger partial charge on any atom is 0.329 e. The normalized spacial score (nSPS) is 20.7. The van der Waals surface area contributed by atoms with Crippen LogP contribution in [-0.2, 0) is 22.7 Å². The number of aromatic nitrogens is 2. The van der Waals surface area contributed by atoms with Crippen molar-refractivity contribution in [2.75, 3.05) is 6.61 Å². The van der Waals surface area contributed by atoms with E-state index in [1.54, 1.807) is 29.4 Å². The summed E-state index contributed by atoms with van der Waals surface area (Å²) in [5.41, 5.74) is 2.02. The van der Waals surface area contributed by atoms with Crippen LogP contribution < -0.4 is 11.2 Å². The number of nitrogens with zero attached hydrogens (tertiary/aromatic N) is 1. The van der Waals surface area contributed by atoms with E-state index in [0.29, 0.717) is 31.8 Å². The van der Waals surface area contributed by atoms with Gasteiger partial charge in [-0.25, -0.2) is 4.79 Å². The molecular weight excluding hydrogens is 412 g/mol. The lowest BCUT2D eigenvalue weighted by Gasteiger charge is -2.19. The molecule has 1 N–H and O–H groups in total. The van der Waals surface area contributed by atoms with Gasteiger partial charge in [0.2, 0.25) is 0 Å². The molecule has 2 aromatic carbocycles. The third-order valence-corrected chi connectivity index (χ3v) is 6.86. The molecule has 7 heteroatoms. The number of aromatic amines is 1. The van der Waals surface area contributed by atoms with E-state index in [9.17, 15) is 9.59 Å². The maximum absolute atomic E-state index is 12.4. The molecule has 0 spiro atoms. The van der Waals surface area contributed by atoms with Crippen LogP contribution in [0.3, 0.4) is 0 Å². The van der Waals surface area contributed by atoms with Gasteiger partial charge in [0.05, 0.1) is 36.5 Å². The van der Waals surface area contributed by atoms with Gasteiger partial charge in [-0.2, -0.15) is 0 Å². The Morgan fingerprint density at radius 3 is 2.32 bits per heavy atom. The number of benzene rings is 2. The Morgan fingerprint density at radius 2 is 1.65 bits per heavy atom. The molecule has 1 aromatic heterocycles. The molecule has 0 radical (unpaired) electrons. The molecule has 6 nitrogen and oxygen atoms in total. The van der Waals surface area contributed by atoms with E-state index >= 15 is 0 Å². The van der Waals surface area contributed by atoms with E-state index in [1.165, 1.54) is 0 Å². The Bertz CT molecular complexity index is 1100. The summed E-state index contributed by atoms with van der Waals surface area (Å²) < 4.78 is 13.9. The van der Waals surface area contributed by atoms with Crippen LogP contribution in [0.4, 0.5) is 0 Å². The number of hydrogen-bond acceptors (Lipinski definition) is 5. The smallest absolute Gasteiger partial charge is 0.329 e. The quantitative estimate of drug-likeness (QED) is 0.581. The highest BCUT2D eigenvalue weighted by atomic mass is 32.2. The Labute approximate surface area is 185 Å². The number of ether oxygens (including phenoxy) is 2. The van der Waals surface area contributed by atoms with Crippen LogP contribution in [0.15, 0.2) is 76.4 Å². The number of hydrogen-bond donors (Lipinski definition) is 1. The summed E-state index contributed by atoms with van der Waals surface area (Å²) >= 11 is 1.66. The van der Waals surface area contributed by atoms with Gasteiger partial charge in [-0.15, -0.1) is 11.8 Å². The fourth-order valence-electron chi connectivity index (χ4n) is 3.64. The lowest BCUT2D eigenvalue weighted by molar-refractivity contribution is 0.0134. The van der Waals surface area contributed by atoms with Crippen LogP contribution in [0.1, 0.15) is 28.5 Å². The molecule has 0 saturated carbocycles. The van der Waals surface area contributed by atoms with Crippen molar-refractivity contribution in [3.8, 4) is 0 Å². The molecule has 2 heterocycles. The molecular formula is C24H26N2O4S. The van der Waals surface area contributed by atoms with Crippen molar-refractivity contribution in [3.05, 3.63) is 104 Å². The molecule has 4 rings (SSSR count). The minimum atomic E-state index is -0.388. The molecule has 1 aliphatic rings. The van der Waals surface area contributed by atoms with Crippen LogP contribution in [0.2, 0.25) is 0 Å². The van der Waals surface area contributed by atoms with Crippen LogP contribution in [0.5, 0.6) is 0 Å². The van der Waals surface area contributed by atoms with Gasteiger partial charge in [-0.3, -0.25) is 14.3 Å². The highest BCUT2D eigenvalue weighted by Gasteiger charge is 2.37. The third kappa shape index (κ3) is 5.55. The summed E-state index contributed by atoms with van der Waals surface area (Å²) in [6.07, 6.45) is 2.24. The minimum absolute atomic E-state index is 0.0647. The van der Waals surface area contributed by atoms with Crippen molar-refractivity contribution in [1.82, 2.24) is 9.55 Å². The second-order valence-corrected chi connectivity index (χ2v) is 9.10. The Balaban J connectivity index is 1.46. The molecule has 1 saturated heterocycles. The molecule has 3 aromatic rings. The highest BCUT2D eigenvalue weighted by Crippen LogP contribution is 2.42. The number of aryl methyl sites for hydroxylation is 1. The van der Waals surface area contributed by atoms with Gasteiger partial charge < -0.3 is 9.47 Å². The van der Waals surface area contributed by atoms with Gasteiger partial charge in [0, 0.05) is 18.2 Å². The number of nitrogens with one attached hydrogen (secondary N) is 1. The summed E-state index contributed by atoms with van der Waals surface area (Å²) in [7, 11) is 0. The standard InChI is InChI=1S/C24H26N2O4S/c1-17-13-26(24(28)25-23(17)27)22-12-20(30-15-19-10-6-3-7-11-19)21(31-22)16-29-14-18-8-4-2-5-9-18/h2-11,13,20-22H,12,14-16H2,1H3,(H,25,27,28)/t20-,21-,22+/m0/s1. The van der Waals surface area contributed by atoms with Gasteiger partial charge in [-0.1, -0.05) is 60.7 Å². The van der Waals surface area contributed by atoms with Gasteiger partial charge in [0.1, 0.15) is 0 Å². The van der Waals surface area contributed by atoms with Gasteiger partial charge >= 0.3 is 5.69 Å². The van der Waals surface area contributed by atoms with E-state index in [4.69, 9.17) is 9.47 Å². The van der Waals surface area contributed by atoms with E-state index < -0.39 is 0 Å². The van der Waals surface area contributed by atoms with Crippen LogP contribution >= 0.6 is 11.8 Å². The van der Waals surface area contributed by atoms with Crippen LogP contribution in [0, 0.1) is 6.92 Å². The first kappa shape index (κ1) is 21.6. The topological polar surface area (TPSA) is 73.3 Å². The van der Waals surface area contributed by atoms with Gasteiger partial charge in [0.25, 0.3) is 5.56 Å². The third-order valence-electron chi connectivity index (χ3n) is 5.34. The molecule has 31 heavy (non-hydrogen) atoms. The van der Waals surface area contributed by atoms with Gasteiger partial charge in [0.15, 0.2) is 0 Å². The average Bonchev–Trinajstić information content (AvgIpc) is 3.19. The first-order chi connectivity index (χ1) is 15.1. The summed E-state index contributed by atoms with van der Waals surface area (Å²) in [6.45, 7) is 3.27. The zero-order valence-electron chi connectivity index (χ0n) is 17.4. The fraction of sp³-hybridized carbons (Fsp3) is 0.333. The lowest BCUT2D eigenvalue weighted by Crippen LogP contribution is -2.32. The van der Waals surface area contributed by atoms with Gasteiger partial charge in [-0.05, 0) is 18.1 Å². The SMILES string of the molecule is Cc1cn([C@H]2C[C@H](OCc3ccccc3)[C@H](COCc3ccccc3)S2)c(=O)[nH]c1=O. The summed E-state index contributed by atoms with van der Waals surface area (Å²) in [4.78, 5) is 26.5. The number of rotatable bonds is 8. The van der Waals surface area contributed by atoms with Crippen molar-refractivity contribution in [2.24, 2.45) is 0 Å². The molecule has 3 atom stereocenters. The first-order valence-corrected chi connectivity index (χ1v) is 11.3. The summed E-state index contributed by atoms with van der Waals surface area (Å²) in [5, 5.41) is -0.0364. The minimum Gasteiger partial charge on any atom is -0.376 e. The van der Waals surface area contributed by atoms with E-state index in [-0.39, 0.29) is 28.0 Å². The maximum atomic E-state index is 12.4. The predicted octanol–water partition coefficient (Wildman–Crippen LogP) is 3.65. The Kier molecular flexibility index (Phi) is 7.06. The molecule has 0 aliphatic carbocycles. The predicted molar refractivity (Wildman–Crippen MR) is 122 cm³/mol. The Morgan fingerprint density at radius 1 is 1.00 bits per heavy atom. The summed E-state index contributed by atoms with van der Waals surface area (Å²) in [6, 6.07) is 20.1. The molecule has 1 aliphatic heterocycles. The Hall–Kier alpha value is -2.61. The second-order valence-electron chi connectivity index (χ2n) is 7.68. The number of H-pyrrole nitrogens is 1. The highest BCUT2D eigenvalue weighted by molar-refractivity contribution is 8.00. The van der Waals surface area contributed by atoms with Crippen molar-refractivity contribution < 1.29 is 9.47 Å². The fourth-order valence-corrected chi connectivity index (χ4v) is 5.17. The van der Waals surface area contributed by atoms with Crippen molar-refractivity contribution in [2.45, 2.75) is 43.3 Å². The molecule has 162 valence electrons. The number of thioether (sulfide) groups is 1. The lowest BCUT2D eigenvalue weighted by atomic mass is 10.1. The second kappa shape index (κ2) is 10.1. The largest absolute Gasteiger partial charge is 0.376 e. The van der Waals surface area contributed by atoms with Crippen LogP contribution in [-0.4, -0.2) is 27.5 Å². The first-order valence-electron chi connectivity index (χ1n) is 10.3. The van der Waals surface area contributed by atoms with Crippen LogP contribution in [0.25, 0.3) is 0 Å². The van der Waals surface area contributed by atoms with Crippen molar-refractivity contribution >= 4 is 11.8 Å². The average molecular weight is 439 g/mol. The molecule has 0 bridgehead atoms. The monoisotopic (exact) mass is 438 g/mol. The van der Waals surface area contributed by atoms with E-state index in [0.717, 1.165) is 11.1 Å². The molecule has 0 unspecified atom stereocenters. The van der Waals surface area contributed by atoms with E-state index in [1.807, 2.05) is 60.7 Å². The molecule has 1 fully saturated rings. The summed E-state index contributed by atoms with van der Waals surface area (Å²) in [5.74, 6) is 0. The van der Waals surface area contributed by atoms with Crippen molar-refractivity contribution in [3.63, 3.8) is 0 Å². The zero-order valence-corrected chi connectivity index (χ0v) is 18.2. The van der Waals surface area contributed by atoms with E-state index in [2.05, 4.69) is 4.98 Å². The molecule has 0 amide bonds.